The lowest BCUT2D eigenvalue weighted by Gasteiger charge is -2.03. The summed E-state index contributed by atoms with van der Waals surface area (Å²) in [6.07, 6.45) is 3.08. The van der Waals surface area contributed by atoms with E-state index < -0.39 is 0 Å². The first-order valence-electron chi connectivity index (χ1n) is 3.50. The van der Waals surface area contributed by atoms with Crippen molar-refractivity contribution in [3.05, 3.63) is 22.3 Å². The third-order valence-electron chi connectivity index (χ3n) is 1.40. The topological polar surface area (TPSA) is 51.6 Å². The van der Waals surface area contributed by atoms with E-state index in [1.165, 1.54) is 13.2 Å². The van der Waals surface area contributed by atoms with Crippen molar-refractivity contribution in [2.75, 3.05) is 7.11 Å². The number of nitrogens with zero attached hydrogens (tertiary/aromatic N) is 2. The first-order chi connectivity index (χ1) is 6.27. The average molecular weight is 243 g/mol. The maximum absolute atomic E-state index is 9.90. The van der Waals surface area contributed by atoms with E-state index in [9.17, 15) is 4.79 Å². The molecular formula is C8H7BrN2O2. The molecule has 0 amide bonds. The van der Waals surface area contributed by atoms with Gasteiger partial charge in [-0.15, -0.1) is 0 Å². The Balaban J connectivity index is 3.00. The summed E-state index contributed by atoms with van der Waals surface area (Å²) in [6, 6.07) is 1.80. The summed E-state index contributed by atoms with van der Waals surface area (Å²) < 4.78 is 5.80. The lowest BCUT2D eigenvalue weighted by Crippen LogP contribution is -1.93. The molecule has 0 fully saturated rings. The normalized spacial score (nSPS) is 9.08. The van der Waals surface area contributed by atoms with Crippen molar-refractivity contribution in [2.24, 2.45) is 4.99 Å². The van der Waals surface area contributed by atoms with Gasteiger partial charge in [-0.3, -0.25) is 0 Å². The predicted octanol–water partition coefficient (Wildman–Crippen LogP) is 1.69. The Labute approximate surface area is 83.8 Å². The van der Waals surface area contributed by atoms with Crippen LogP contribution >= 0.6 is 15.9 Å². The second-order valence-electron chi connectivity index (χ2n) is 2.23. The molecule has 0 aromatic carbocycles. The number of ether oxygens (including phenoxy) is 1. The molecule has 0 N–H and O–H groups in total. The minimum Gasteiger partial charge on any atom is -0.481 e. The van der Waals surface area contributed by atoms with Crippen LogP contribution in [-0.2, 0) is 11.3 Å². The van der Waals surface area contributed by atoms with Crippen LogP contribution < -0.4 is 4.74 Å². The zero-order chi connectivity index (χ0) is 9.68. The summed E-state index contributed by atoms with van der Waals surface area (Å²) in [6.45, 7) is 0.235. The SMILES string of the molecule is COc1ncc(Br)cc1CN=C=O. The van der Waals surface area contributed by atoms with Crippen LogP contribution in [-0.4, -0.2) is 18.2 Å². The third kappa shape index (κ3) is 2.65. The van der Waals surface area contributed by atoms with Crippen LogP contribution in [0.25, 0.3) is 0 Å². The highest BCUT2D eigenvalue weighted by Crippen LogP contribution is 2.20. The van der Waals surface area contributed by atoms with Crippen molar-refractivity contribution in [2.45, 2.75) is 6.54 Å². The molecule has 5 heteroatoms. The minimum absolute atomic E-state index is 0.235. The molecule has 0 saturated heterocycles. The maximum atomic E-state index is 9.90. The van der Waals surface area contributed by atoms with Crippen LogP contribution in [0.1, 0.15) is 5.56 Å². The van der Waals surface area contributed by atoms with Gasteiger partial charge in [0.2, 0.25) is 12.0 Å². The highest BCUT2D eigenvalue weighted by atomic mass is 79.9. The van der Waals surface area contributed by atoms with Gasteiger partial charge >= 0.3 is 0 Å². The Morgan fingerprint density at radius 1 is 1.77 bits per heavy atom. The standard InChI is InChI=1S/C8H7BrN2O2/c1-13-8-6(3-10-5-12)2-7(9)4-11-8/h2,4H,3H2,1H3. The number of aliphatic imine (C=N–C) groups is 1. The Bertz CT molecular complexity index is 348. The smallest absolute Gasteiger partial charge is 0.235 e. The van der Waals surface area contributed by atoms with Crippen molar-refractivity contribution in [1.82, 2.24) is 4.98 Å². The van der Waals surface area contributed by atoms with Crippen molar-refractivity contribution in [1.29, 1.82) is 0 Å². The number of aromatic nitrogens is 1. The maximum Gasteiger partial charge on any atom is 0.235 e. The van der Waals surface area contributed by atoms with E-state index in [2.05, 4.69) is 25.9 Å². The highest BCUT2D eigenvalue weighted by Gasteiger charge is 2.03. The van der Waals surface area contributed by atoms with Gasteiger partial charge in [-0.1, -0.05) is 0 Å². The fourth-order valence-electron chi connectivity index (χ4n) is 0.883. The molecule has 13 heavy (non-hydrogen) atoms. The summed E-state index contributed by atoms with van der Waals surface area (Å²) in [7, 11) is 1.52. The molecular weight excluding hydrogens is 236 g/mol. The van der Waals surface area contributed by atoms with Crippen LogP contribution in [0.15, 0.2) is 21.7 Å². The molecule has 0 atom stereocenters. The Kier molecular flexibility index (Phi) is 3.61. The molecule has 1 rings (SSSR count). The van der Waals surface area contributed by atoms with Gasteiger partial charge in [-0.05, 0) is 22.0 Å². The lowest BCUT2D eigenvalue weighted by atomic mass is 10.3. The van der Waals surface area contributed by atoms with Gasteiger partial charge in [0.25, 0.3) is 0 Å². The van der Waals surface area contributed by atoms with Crippen LogP contribution in [0.5, 0.6) is 5.88 Å². The second kappa shape index (κ2) is 4.74. The fourth-order valence-corrected chi connectivity index (χ4v) is 1.26. The average Bonchev–Trinajstić information content (AvgIpc) is 2.15. The first kappa shape index (κ1) is 9.89. The second-order valence-corrected chi connectivity index (χ2v) is 3.15. The lowest BCUT2D eigenvalue weighted by molar-refractivity contribution is 0.392. The zero-order valence-electron chi connectivity index (χ0n) is 6.95. The van der Waals surface area contributed by atoms with E-state index in [4.69, 9.17) is 4.74 Å². The van der Waals surface area contributed by atoms with E-state index in [-0.39, 0.29) is 6.54 Å². The molecule has 1 heterocycles. The van der Waals surface area contributed by atoms with Gasteiger partial charge < -0.3 is 4.74 Å². The van der Waals surface area contributed by atoms with Crippen LogP contribution in [0, 0.1) is 0 Å². The Morgan fingerprint density at radius 3 is 3.15 bits per heavy atom. The summed E-state index contributed by atoms with van der Waals surface area (Å²) in [5.74, 6) is 0.474. The van der Waals surface area contributed by atoms with Gasteiger partial charge in [-0.25, -0.2) is 14.8 Å². The third-order valence-corrected chi connectivity index (χ3v) is 1.83. The molecule has 0 bridgehead atoms. The number of pyridine rings is 1. The molecule has 0 aliphatic carbocycles. The Hall–Kier alpha value is -1.19. The summed E-state index contributed by atoms with van der Waals surface area (Å²) in [4.78, 5) is 17.3. The largest absolute Gasteiger partial charge is 0.481 e. The van der Waals surface area contributed by atoms with Gasteiger partial charge in [0.1, 0.15) is 0 Å². The molecule has 0 saturated carbocycles. The van der Waals surface area contributed by atoms with Crippen LogP contribution in [0.4, 0.5) is 0 Å². The highest BCUT2D eigenvalue weighted by molar-refractivity contribution is 9.10. The number of rotatable bonds is 3. The quantitative estimate of drug-likeness (QED) is 0.599. The van der Waals surface area contributed by atoms with Gasteiger partial charge in [0, 0.05) is 16.2 Å². The van der Waals surface area contributed by atoms with Gasteiger partial charge in [0.05, 0.1) is 13.7 Å². The number of halogens is 1. The first-order valence-corrected chi connectivity index (χ1v) is 4.29. The van der Waals surface area contributed by atoms with E-state index in [0.29, 0.717) is 5.88 Å². The van der Waals surface area contributed by atoms with Crippen molar-refractivity contribution >= 4 is 22.0 Å². The van der Waals surface area contributed by atoms with Gasteiger partial charge in [0.15, 0.2) is 0 Å². The van der Waals surface area contributed by atoms with E-state index in [1.54, 1.807) is 12.3 Å². The molecule has 0 aliphatic rings. The Morgan fingerprint density at radius 2 is 2.54 bits per heavy atom. The van der Waals surface area contributed by atoms with Crippen LogP contribution in [0.2, 0.25) is 0 Å². The summed E-state index contributed by atoms with van der Waals surface area (Å²) in [5.41, 5.74) is 0.750. The number of methoxy groups -OCH3 is 1. The number of hydrogen-bond acceptors (Lipinski definition) is 4. The monoisotopic (exact) mass is 242 g/mol. The molecule has 4 nitrogen and oxygen atoms in total. The molecule has 0 spiro atoms. The fraction of sp³-hybridized carbons (Fsp3) is 0.250. The summed E-state index contributed by atoms with van der Waals surface area (Å²) in [5, 5.41) is 0. The molecule has 0 radical (unpaired) electrons. The van der Waals surface area contributed by atoms with E-state index in [0.717, 1.165) is 10.0 Å². The van der Waals surface area contributed by atoms with E-state index in [1.807, 2.05) is 0 Å². The van der Waals surface area contributed by atoms with Crippen LogP contribution in [0.3, 0.4) is 0 Å². The minimum atomic E-state index is 0.235. The predicted molar refractivity (Wildman–Crippen MR) is 50.3 cm³/mol. The molecule has 0 aliphatic heterocycles. The zero-order valence-corrected chi connectivity index (χ0v) is 8.54. The summed E-state index contributed by atoms with van der Waals surface area (Å²) >= 11 is 3.26. The van der Waals surface area contributed by atoms with Crippen molar-refractivity contribution < 1.29 is 9.53 Å². The number of hydrogen-bond donors (Lipinski definition) is 0. The van der Waals surface area contributed by atoms with Gasteiger partial charge in [-0.2, -0.15) is 0 Å². The number of isocyanates is 1. The van der Waals surface area contributed by atoms with Crippen molar-refractivity contribution in [3.8, 4) is 5.88 Å². The molecule has 1 aromatic heterocycles. The number of carbonyl (C=O) groups excluding carboxylic acids is 1. The van der Waals surface area contributed by atoms with E-state index >= 15 is 0 Å². The molecule has 0 unspecified atom stereocenters. The van der Waals surface area contributed by atoms with Crippen molar-refractivity contribution in [3.63, 3.8) is 0 Å². The molecule has 68 valence electrons. The molecule has 1 aromatic rings.